The molecule has 0 fully saturated rings. The Morgan fingerprint density at radius 3 is 2.32 bits per heavy atom. The number of fused-ring (bicyclic) bond motifs is 3. The first-order chi connectivity index (χ1) is 14.9. The molecule has 0 bridgehead atoms. The summed E-state index contributed by atoms with van der Waals surface area (Å²) >= 11 is 0. The minimum absolute atomic E-state index is 0.102. The smallest absolute Gasteiger partial charge is 0.332 e. The molecule has 0 radical (unpaired) electrons. The van der Waals surface area contributed by atoms with E-state index in [2.05, 4.69) is 4.98 Å². The molecule has 0 aliphatic carbocycles. The predicted octanol–water partition coefficient (Wildman–Crippen LogP) is 2.51. The van der Waals surface area contributed by atoms with Gasteiger partial charge in [-0.1, -0.05) is 42.5 Å². The number of aryl methyl sites for hydroxylation is 2. The number of phenolic OH excluding ortho intramolecular Hbond substituents is 1. The Labute approximate surface area is 176 Å². The average molecular weight is 415 g/mol. The number of rotatable bonds is 3. The van der Waals surface area contributed by atoms with Crippen molar-refractivity contribution < 1.29 is 5.11 Å². The third kappa shape index (κ3) is 2.64. The van der Waals surface area contributed by atoms with Gasteiger partial charge in [0.1, 0.15) is 5.75 Å². The lowest BCUT2D eigenvalue weighted by molar-refractivity contribution is 0.472. The van der Waals surface area contributed by atoms with Gasteiger partial charge in [0.2, 0.25) is 5.78 Å². The molecule has 0 saturated carbocycles. The third-order valence-corrected chi connectivity index (χ3v) is 5.83. The summed E-state index contributed by atoms with van der Waals surface area (Å²) in [5.41, 5.74) is 2.89. The molecule has 5 rings (SSSR count). The van der Waals surface area contributed by atoms with Crippen LogP contribution in [0.5, 0.6) is 5.75 Å². The van der Waals surface area contributed by atoms with Crippen LogP contribution in [0.4, 0.5) is 0 Å². The zero-order chi connectivity index (χ0) is 21.9. The van der Waals surface area contributed by atoms with Crippen molar-refractivity contribution >= 4 is 16.9 Å². The van der Waals surface area contributed by atoms with Crippen molar-refractivity contribution in [2.24, 2.45) is 7.05 Å². The molecule has 2 aromatic carbocycles. The summed E-state index contributed by atoms with van der Waals surface area (Å²) in [6.07, 6.45) is 0. The van der Waals surface area contributed by atoms with E-state index in [9.17, 15) is 14.7 Å². The van der Waals surface area contributed by atoms with E-state index in [-0.39, 0.29) is 12.3 Å². The number of phenols is 1. The fraction of sp³-hybridized carbons (Fsp3) is 0.174. The van der Waals surface area contributed by atoms with Crippen molar-refractivity contribution in [3.63, 3.8) is 0 Å². The summed E-state index contributed by atoms with van der Waals surface area (Å²) in [5, 5.41) is 10.4. The van der Waals surface area contributed by atoms with Crippen LogP contribution in [-0.4, -0.2) is 28.2 Å². The lowest BCUT2D eigenvalue weighted by Gasteiger charge is -2.09. The van der Waals surface area contributed by atoms with Crippen LogP contribution in [0, 0.1) is 13.8 Å². The van der Waals surface area contributed by atoms with Crippen LogP contribution in [0.3, 0.4) is 0 Å². The van der Waals surface area contributed by atoms with Crippen molar-refractivity contribution in [2.45, 2.75) is 20.4 Å². The highest BCUT2D eigenvalue weighted by Gasteiger charge is 2.24. The van der Waals surface area contributed by atoms with Gasteiger partial charge in [-0.2, -0.15) is 4.98 Å². The number of para-hydroxylation sites is 2. The molecule has 8 heteroatoms. The van der Waals surface area contributed by atoms with Gasteiger partial charge in [-0.05, 0) is 31.5 Å². The first-order valence-electron chi connectivity index (χ1n) is 9.92. The van der Waals surface area contributed by atoms with E-state index in [1.807, 2.05) is 50.2 Å². The van der Waals surface area contributed by atoms with Crippen molar-refractivity contribution in [2.75, 3.05) is 0 Å². The molecule has 0 aliphatic heterocycles. The van der Waals surface area contributed by atoms with Crippen molar-refractivity contribution in [1.82, 2.24) is 23.1 Å². The third-order valence-electron chi connectivity index (χ3n) is 5.83. The normalized spacial score (nSPS) is 11.6. The summed E-state index contributed by atoms with van der Waals surface area (Å²) < 4.78 is 6.20. The van der Waals surface area contributed by atoms with E-state index >= 15 is 0 Å². The number of aromatic nitrogens is 5. The average Bonchev–Trinajstić information content (AvgIpc) is 3.27. The van der Waals surface area contributed by atoms with E-state index in [0.29, 0.717) is 22.6 Å². The zero-order valence-corrected chi connectivity index (χ0v) is 17.4. The van der Waals surface area contributed by atoms with E-state index in [4.69, 9.17) is 0 Å². The molecule has 31 heavy (non-hydrogen) atoms. The Bertz CT molecular complexity index is 1590. The maximum Gasteiger partial charge on any atom is 0.332 e. The van der Waals surface area contributed by atoms with Crippen LogP contribution < -0.4 is 11.2 Å². The Kier molecular flexibility index (Phi) is 4.11. The highest BCUT2D eigenvalue weighted by Crippen LogP contribution is 2.29. The van der Waals surface area contributed by atoms with Gasteiger partial charge < -0.3 is 5.11 Å². The molecule has 5 aromatic rings. The molecule has 0 atom stereocenters. The van der Waals surface area contributed by atoms with E-state index in [1.54, 1.807) is 34.2 Å². The predicted molar refractivity (Wildman–Crippen MR) is 118 cm³/mol. The molecule has 0 unspecified atom stereocenters. The summed E-state index contributed by atoms with van der Waals surface area (Å²) in [6.45, 7) is 3.98. The fourth-order valence-electron chi connectivity index (χ4n) is 4.10. The topological polar surface area (TPSA) is 86.5 Å². The Balaban J connectivity index is 1.88. The Morgan fingerprint density at radius 1 is 0.935 bits per heavy atom. The first-order valence-corrected chi connectivity index (χ1v) is 9.92. The van der Waals surface area contributed by atoms with Gasteiger partial charge in [-0.15, -0.1) is 0 Å². The largest absolute Gasteiger partial charge is 0.506 e. The van der Waals surface area contributed by atoms with Crippen LogP contribution >= 0.6 is 0 Å². The minimum Gasteiger partial charge on any atom is -0.506 e. The van der Waals surface area contributed by atoms with Crippen molar-refractivity contribution in [3.8, 4) is 11.4 Å². The Hall–Kier alpha value is -4.07. The van der Waals surface area contributed by atoms with Gasteiger partial charge in [0.15, 0.2) is 11.2 Å². The number of hydrogen-bond acceptors (Lipinski definition) is 4. The molecule has 3 heterocycles. The lowest BCUT2D eigenvalue weighted by Crippen LogP contribution is -2.39. The quantitative estimate of drug-likeness (QED) is 0.491. The number of aromatic hydroxyl groups is 1. The molecule has 1 N–H and O–H groups in total. The van der Waals surface area contributed by atoms with Crippen molar-refractivity contribution in [1.29, 1.82) is 0 Å². The summed E-state index contributed by atoms with van der Waals surface area (Å²) in [7, 11) is 1.62. The fourth-order valence-corrected chi connectivity index (χ4v) is 4.10. The van der Waals surface area contributed by atoms with Crippen molar-refractivity contribution in [3.05, 3.63) is 92.4 Å². The van der Waals surface area contributed by atoms with Gasteiger partial charge in [-0.25, -0.2) is 4.79 Å². The van der Waals surface area contributed by atoms with Gasteiger partial charge in [0.05, 0.1) is 12.2 Å². The molecular weight excluding hydrogens is 394 g/mol. The highest BCUT2D eigenvalue weighted by molar-refractivity contribution is 5.77. The van der Waals surface area contributed by atoms with Gasteiger partial charge >= 0.3 is 5.69 Å². The molecule has 3 aromatic heterocycles. The summed E-state index contributed by atoms with van der Waals surface area (Å²) in [6, 6.07) is 16.4. The lowest BCUT2D eigenvalue weighted by atomic mass is 10.2. The van der Waals surface area contributed by atoms with Crippen LogP contribution in [0.25, 0.3) is 22.6 Å². The first kappa shape index (κ1) is 18.9. The van der Waals surface area contributed by atoms with Gasteiger partial charge in [-0.3, -0.25) is 22.9 Å². The molecule has 8 nitrogen and oxygen atoms in total. The molecule has 0 spiro atoms. The molecule has 0 saturated heterocycles. The van der Waals surface area contributed by atoms with E-state index in [1.165, 1.54) is 9.13 Å². The van der Waals surface area contributed by atoms with Crippen LogP contribution in [0.1, 0.15) is 17.0 Å². The zero-order valence-electron chi connectivity index (χ0n) is 17.4. The molecular formula is C23H21N5O3. The summed E-state index contributed by atoms with van der Waals surface area (Å²) in [4.78, 5) is 31.1. The second-order valence-corrected chi connectivity index (χ2v) is 7.63. The van der Waals surface area contributed by atoms with Crippen LogP contribution in [0.2, 0.25) is 0 Å². The Morgan fingerprint density at radius 2 is 1.61 bits per heavy atom. The monoisotopic (exact) mass is 415 g/mol. The number of benzene rings is 2. The molecule has 156 valence electrons. The minimum atomic E-state index is -0.425. The molecule has 0 amide bonds. The van der Waals surface area contributed by atoms with Crippen LogP contribution in [0.15, 0.2) is 64.2 Å². The SMILES string of the molecule is Cc1c(C)n2c3c(=O)n(Cc4ccccc4)c(=O)n(C)c3nc2n1-c1ccccc1O. The maximum atomic E-state index is 13.5. The van der Waals surface area contributed by atoms with E-state index < -0.39 is 11.2 Å². The highest BCUT2D eigenvalue weighted by atomic mass is 16.3. The molecule has 0 aliphatic rings. The van der Waals surface area contributed by atoms with Crippen LogP contribution in [-0.2, 0) is 13.6 Å². The van der Waals surface area contributed by atoms with Gasteiger partial charge in [0, 0.05) is 18.4 Å². The second kappa shape index (κ2) is 6.73. The second-order valence-electron chi connectivity index (χ2n) is 7.63. The van der Waals surface area contributed by atoms with Gasteiger partial charge in [0.25, 0.3) is 5.56 Å². The maximum absolute atomic E-state index is 13.5. The standard InChI is InChI=1S/C23H21N5O3/c1-14-15(2)28-19-20(24-22(28)27(14)17-11-7-8-12-18(17)29)25(3)23(31)26(21(19)30)13-16-9-5-4-6-10-16/h4-12,29H,13H2,1-3H3. The number of hydrogen-bond donors (Lipinski definition) is 1. The number of nitrogens with zero attached hydrogens (tertiary/aromatic N) is 5. The number of imidazole rings is 2. The van der Waals surface area contributed by atoms with E-state index in [0.717, 1.165) is 17.0 Å². The summed E-state index contributed by atoms with van der Waals surface area (Å²) in [5.74, 6) is 0.571.